The summed E-state index contributed by atoms with van der Waals surface area (Å²) < 4.78 is 39.7. The highest BCUT2D eigenvalue weighted by Crippen LogP contribution is 2.13. The first-order chi connectivity index (χ1) is 17.4. The molecule has 0 unspecified atom stereocenters. The zero-order valence-corrected chi connectivity index (χ0v) is 19.5. The molecule has 0 bridgehead atoms. The molecule has 0 aliphatic carbocycles. The predicted molar refractivity (Wildman–Crippen MR) is 137 cm³/mol. The lowest BCUT2D eigenvalue weighted by Crippen LogP contribution is -2.34. The first-order valence-electron chi connectivity index (χ1n) is 10.7. The summed E-state index contributed by atoms with van der Waals surface area (Å²) in [4.78, 5) is 13.0. The Morgan fingerprint density at radius 1 is 0.667 bits per heavy atom. The monoisotopic (exact) mass is 510 g/mol. The minimum Gasteiger partial charge on any atom is -0.350 e. The third-order valence-electron chi connectivity index (χ3n) is 4.73. The summed E-state index contributed by atoms with van der Waals surface area (Å²) in [5, 5.41) is 9.13. The molecule has 12 heteroatoms. The van der Waals surface area contributed by atoms with Crippen molar-refractivity contribution in [2.24, 2.45) is 0 Å². The second kappa shape index (κ2) is 11.8. The molecule has 3 aromatic carbocycles. The lowest BCUT2D eigenvalue weighted by atomic mass is 10.2. The maximum absolute atomic E-state index is 13.4. The van der Waals surface area contributed by atoms with Gasteiger partial charge in [0.1, 0.15) is 17.5 Å². The van der Waals surface area contributed by atoms with Gasteiger partial charge in [-0.2, -0.15) is 15.0 Å². The topological polar surface area (TPSA) is 98.8 Å². The normalized spacial score (nSPS) is 10.4. The molecule has 0 aliphatic rings. The quantitative estimate of drug-likeness (QED) is 0.160. The highest BCUT2D eigenvalue weighted by Gasteiger charge is 2.08. The Morgan fingerprint density at radius 2 is 1.19 bits per heavy atom. The molecule has 5 N–H and O–H groups in total. The summed E-state index contributed by atoms with van der Waals surface area (Å²) >= 11 is 5.22. The van der Waals surface area contributed by atoms with Crippen molar-refractivity contribution in [3.8, 4) is 0 Å². The van der Waals surface area contributed by atoms with Crippen LogP contribution in [0, 0.1) is 17.5 Å². The van der Waals surface area contributed by atoms with Crippen molar-refractivity contribution in [2.45, 2.75) is 13.1 Å². The summed E-state index contributed by atoms with van der Waals surface area (Å²) in [5.41, 5.74) is 7.64. The minimum atomic E-state index is -0.401. The molecule has 4 aromatic rings. The van der Waals surface area contributed by atoms with Gasteiger partial charge in [0.2, 0.25) is 17.8 Å². The number of nitrogens with one attached hydrogen (secondary N) is 5. The molecule has 8 nitrogen and oxygen atoms in total. The first kappa shape index (κ1) is 24.7. The lowest BCUT2D eigenvalue weighted by molar-refractivity contribution is 0.626. The van der Waals surface area contributed by atoms with Gasteiger partial charge in [0, 0.05) is 18.8 Å². The number of hydrogen-bond acceptors (Lipinski definition) is 7. The smallest absolute Gasteiger partial charge is 0.248 e. The van der Waals surface area contributed by atoms with Gasteiger partial charge in [-0.1, -0.05) is 30.3 Å². The maximum atomic E-state index is 13.4. The Balaban J connectivity index is 1.44. The Kier molecular flexibility index (Phi) is 8.08. The van der Waals surface area contributed by atoms with Crippen molar-refractivity contribution in [3.05, 3.63) is 101 Å². The summed E-state index contributed by atoms with van der Waals surface area (Å²) in [6.07, 6.45) is 0. The van der Waals surface area contributed by atoms with Crippen molar-refractivity contribution >= 4 is 40.9 Å². The van der Waals surface area contributed by atoms with E-state index in [0.29, 0.717) is 18.8 Å². The number of benzene rings is 3. The molecule has 4 rings (SSSR count). The van der Waals surface area contributed by atoms with Crippen LogP contribution in [-0.4, -0.2) is 20.1 Å². The van der Waals surface area contributed by atoms with Gasteiger partial charge < -0.3 is 16.0 Å². The zero-order chi connectivity index (χ0) is 25.3. The van der Waals surface area contributed by atoms with Crippen molar-refractivity contribution in [3.63, 3.8) is 0 Å². The minimum absolute atomic E-state index is 0.136. The summed E-state index contributed by atoms with van der Waals surface area (Å²) in [7, 11) is 0. The van der Waals surface area contributed by atoms with Gasteiger partial charge in [0.25, 0.3) is 0 Å². The molecular weight excluding hydrogens is 489 g/mol. The molecule has 0 radical (unpaired) electrons. The van der Waals surface area contributed by atoms with Crippen LogP contribution in [0.4, 0.5) is 36.7 Å². The third-order valence-corrected chi connectivity index (χ3v) is 4.94. The van der Waals surface area contributed by atoms with Gasteiger partial charge in [-0.15, -0.1) is 0 Å². The van der Waals surface area contributed by atoms with E-state index in [9.17, 15) is 13.2 Å². The summed E-state index contributed by atoms with van der Waals surface area (Å²) in [6.45, 7) is 0.683. The lowest BCUT2D eigenvalue weighted by Gasteiger charge is -2.14. The van der Waals surface area contributed by atoms with E-state index in [4.69, 9.17) is 12.2 Å². The average molecular weight is 511 g/mol. The standard InChI is InChI=1S/C24H21F3N8S/c25-17-8-4-15(5-9-17)13-28-21-31-22(29-14-16-6-10-18(26)11-7-16)33-23(32-21)34-35-24(36)30-20-3-1-2-19(27)12-20/h1-12H,13-14H2,(H2,30,35,36)(H3,28,29,31,32,33,34). The Labute approximate surface area is 210 Å². The maximum Gasteiger partial charge on any atom is 0.248 e. The van der Waals surface area contributed by atoms with Crippen LogP contribution in [0.2, 0.25) is 0 Å². The SMILES string of the molecule is Fc1ccc(CNc2nc(NCc3ccc(F)cc3)nc(NNC(=S)Nc3cccc(F)c3)n2)cc1. The second-order valence-corrected chi connectivity index (χ2v) is 7.89. The Hall–Kier alpha value is -4.45. The van der Waals surface area contributed by atoms with Crippen LogP contribution in [0.15, 0.2) is 72.8 Å². The van der Waals surface area contributed by atoms with Crippen molar-refractivity contribution in [2.75, 3.05) is 21.4 Å². The van der Waals surface area contributed by atoms with E-state index in [1.54, 1.807) is 36.4 Å². The van der Waals surface area contributed by atoms with Gasteiger partial charge in [0.05, 0.1) is 0 Å². The molecule has 0 saturated heterocycles. The van der Waals surface area contributed by atoms with Crippen LogP contribution in [0.1, 0.15) is 11.1 Å². The van der Waals surface area contributed by atoms with E-state index in [0.717, 1.165) is 11.1 Å². The van der Waals surface area contributed by atoms with Crippen molar-refractivity contribution in [1.29, 1.82) is 0 Å². The van der Waals surface area contributed by atoms with E-state index in [-0.39, 0.29) is 34.6 Å². The highest BCUT2D eigenvalue weighted by atomic mass is 32.1. The molecular formula is C24H21F3N8S. The number of anilines is 4. The van der Waals surface area contributed by atoms with Crippen LogP contribution in [-0.2, 0) is 13.1 Å². The molecule has 184 valence electrons. The molecule has 1 aromatic heterocycles. The molecule has 0 amide bonds. The van der Waals surface area contributed by atoms with Crippen molar-refractivity contribution in [1.82, 2.24) is 20.4 Å². The third kappa shape index (κ3) is 7.53. The molecule has 0 saturated carbocycles. The number of nitrogens with zero attached hydrogens (tertiary/aromatic N) is 3. The van der Waals surface area contributed by atoms with E-state index in [1.807, 2.05) is 0 Å². The largest absolute Gasteiger partial charge is 0.350 e. The fraction of sp³-hybridized carbons (Fsp3) is 0.0833. The molecule has 36 heavy (non-hydrogen) atoms. The van der Waals surface area contributed by atoms with Gasteiger partial charge >= 0.3 is 0 Å². The Morgan fingerprint density at radius 3 is 1.72 bits per heavy atom. The number of aromatic nitrogens is 3. The fourth-order valence-corrected chi connectivity index (χ4v) is 3.17. The molecule has 0 spiro atoms. The van der Waals surface area contributed by atoms with Gasteiger partial charge in [-0.3, -0.25) is 10.9 Å². The van der Waals surface area contributed by atoms with Crippen LogP contribution in [0.25, 0.3) is 0 Å². The van der Waals surface area contributed by atoms with Gasteiger partial charge in [-0.25, -0.2) is 13.2 Å². The predicted octanol–water partition coefficient (Wildman–Crippen LogP) is 4.83. The van der Waals surface area contributed by atoms with Crippen molar-refractivity contribution < 1.29 is 13.2 Å². The van der Waals surface area contributed by atoms with E-state index in [2.05, 4.69) is 41.8 Å². The first-order valence-corrected chi connectivity index (χ1v) is 11.1. The van der Waals surface area contributed by atoms with Gasteiger partial charge in [0.15, 0.2) is 5.11 Å². The second-order valence-electron chi connectivity index (χ2n) is 7.48. The molecule has 0 aliphatic heterocycles. The van der Waals surface area contributed by atoms with Crippen LogP contribution in [0.3, 0.4) is 0 Å². The molecule has 0 atom stereocenters. The fourth-order valence-electron chi connectivity index (χ4n) is 3.00. The zero-order valence-electron chi connectivity index (χ0n) is 18.7. The van der Waals surface area contributed by atoms with Crippen LogP contribution in [0.5, 0.6) is 0 Å². The van der Waals surface area contributed by atoms with Crippen LogP contribution < -0.4 is 26.8 Å². The van der Waals surface area contributed by atoms with E-state index in [1.165, 1.54) is 36.4 Å². The Bertz CT molecular complexity index is 1250. The molecule has 0 fully saturated rings. The summed E-state index contributed by atoms with van der Waals surface area (Å²) in [5.74, 6) is -0.440. The van der Waals surface area contributed by atoms with E-state index < -0.39 is 5.82 Å². The van der Waals surface area contributed by atoms with Gasteiger partial charge in [-0.05, 0) is 65.8 Å². The number of rotatable bonds is 9. The number of hydrazine groups is 1. The number of hydrogen-bond donors (Lipinski definition) is 5. The highest BCUT2D eigenvalue weighted by molar-refractivity contribution is 7.80. The molecule has 1 heterocycles. The van der Waals surface area contributed by atoms with Crippen LogP contribution >= 0.6 is 12.2 Å². The number of thiocarbonyl (C=S) groups is 1. The van der Waals surface area contributed by atoms with E-state index >= 15 is 0 Å². The summed E-state index contributed by atoms with van der Waals surface area (Å²) in [6, 6.07) is 17.9. The number of halogens is 3. The average Bonchev–Trinajstić information content (AvgIpc) is 2.87.